The maximum Gasteiger partial charge on any atom is 0.310 e. The van der Waals surface area contributed by atoms with Crippen molar-refractivity contribution in [3.05, 3.63) is 36.0 Å². The fourth-order valence-electron chi connectivity index (χ4n) is 2.37. The number of carbonyl (C=O) groups is 1. The van der Waals surface area contributed by atoms with Gasteiger partial charge in [0.25, 0.3) is 0 Å². The molecule has 94 valence electrons. The lowest BCUT2D eigenvalue weighted by atomic mass is 9.97. The molecule has 0 bridgehead atoms. The summed E-state index contributed by atoms with van der Waals surface area (Å²) in [6.07, 6.45) is 1.55. The quantitative estimate of drug-likeness (QED) is 0.880. The Bertz CT molecular complexity index is 699. The standard InChI is InChI=1S/C14H11N3O2/c15-5-9-6-16-12-4-2-1-3-11(12)13(9)17-7-10(8-17)14(18)19/h1-4,6,10H,7-8H2,(H,18,19). The normalized spacial score (nSPS) is 15.0. The Balaban J connectivity index is 2.07. The number of hydrogen-bond acceptors (Lipinski definition) is 4. The zero-order chi connectivity index (χ0) is 13.4. The van der Waals surface area contributed by atoms with Crippen LogP contribution in [-0.2, 0) is 4.79 Å². The lowest BCUT2D eigenvalue weighted by Gasteiger charge is -2.39. The smallest absolute Gasteiger partial charge is 0.310 e. The lowest BCUT2D eigenvalue weighted by molar-refractivity contribution is -0.142. The molecule has 19 heavy (non-hydrogen) atoms. The Morgan fingerprint density at radius 2 is 2.16 bits per heavy atom. The first-order chi connectivity index (χ1) is 9.20. The minimum Gasteiger partial charge on any atom is -0.481 e. The van der Waals surface area contributed by atoms with Crippen LogP contribution in [0.1, 0.15) is 5.56 Å². The van der Waals surface area contributed by atoms with E-state index in [2.05, 4.69) is 11.1 Å². The second-order valence-corrected chi connectivity index (χ2v) is 4.59. The van der Waals surface area contributed by atoms with Crippen LogP contribution < -0.4 is 4.90 Å². The van der Waals surface area contributed by atoms with Crippen LogP contribution in [0.4, 0.5) is 5.69 Å². The fourth-order valence-corrected chi connectivity index (χ4v) is 2.37. The number of pyridine rings is 1. The summed E-state index contributed by atoms with van der Waals surface area (Å²) >= 11 is 0. The minimum absolute atomic E-state index is 0.349. The molecule has 0 spiro atoms. The maximum absolute atomic E-state index is 10.9. The first-order valence-electron chi connectivity index (χ1n) is 5.96. The van der Waals surface area contributed by atoms with Gasteiger partial charge in [-0.05, 0) is 6.07 Å². The van der Waals surface area contributed by atoms with E-state index in [9.17, 15) is 10.1 Å². The van der Waals surface area contributed by atoms with Gasteiger partial charge < -0.3 is 10.0 Å². The summed E-state index contributed by atoms with van der Waals surface area (Å²) in [4.78, 5) is 17.0. The molecule has 3 rings (SSSR count). The van der Waals surface area contributed by atoms with Gasteiger partial charge in [-0.3, -0.25) is 9.78 Å². The van der Waals surface area contributed by atoms with E-state index < -0.39 is 5.97 Å². The van der Waals surface area contributed by atoms with Crippen LogP contribution in [-0.4, -0.2) is 29.1 Å². The van der Waals surface area contributed by atoms with E-state index in [1.54, 1.807) is 6.20 Å². The Hall–Kier alpha value is -2.61. The van der Waals surface area contributed by atoms with Crippen molar-refractivity contribution in [2.24, 2.45) is 5.92 Å². The van der Waals surface area contributed by atoms with E-state index in [-0.39, 0.29) is 5.92 Å². The first-order valence-corrected chi connectivity index (χ1v) is 5.96. The molecule has 1 aromatic carbocycles. The highest BCUT2D eigenvalue weighted by Crippen LogP contribution is 2.33. The number of nitriles is 1. The molecular weight excluding hydrogens is 242 g/mol. The van der Waals surface area contributed by atoms with Crippen LogP contribution >= 0.6 is 0 Å². The van der Waals surface area contributed by atoms with Crippen molar-refractivity contribution < 1.29 is 9.90 Å². The molecule has 0 aliphatic carbocycles. The van der Waals surface area contributed by atoms with Crippen LogP contribution in [0.25, 0.3) is 10.9 Å². The molecule has 5 nitrogen and oxygen atoms in total. The van der Waals surface area contributed by atoms with Crippen molar-refractivity contribution in [1.29, 1.82) is 5.26 Å². The van der Waals surface area contributed by atoms with Crippen molar-refractivity contribution in [3.8, 4) is 6.07 Å². The Kier molecular flexibility index (Phi) is 2.57. The number of para-hydroxylation sites is 1. The number of fused-ring (bicyclic) bond motifs is 1. The zero-order valence-electron chi connectivity index (χ0n) is 10.1. The van der Waals surface area contributed by atoms with Crippen molar-refractivity contribution in [2.75, 3.05) is 18.0 Å². The summed E-state index contributed by atoms with van der Waals surface area (Å²) in [6, 6.07) is 9.70. The Morgan fingerprint density at radius 3 is 2.84 bits per heavy atom. The number of rotatable bonds is 2. The molecule has 1 fully saturated rings. The predicted octanol–water partition coefficient (Wildman–Crippen LogP) is 1.63. The van der Waals surface area contributed by atoms with Crippen molar-refractivity contribution in [3.63, 3.8) is 0 Å². The number of aromatic nitrogens is 1. The van der Waals surface area contributed by atoms with E-state index in [1.165, 1.54) is 0 Å². The Labute approximate surface area is 109 Å². The average Bonchev–Trinajstić information content (AvgIpc) is 2.36. The largest absolute Gasteiger partial charge is 0.481 e. The van der Waals surface area contributed by atoms with E-state index in [1.807, 2.05) is 29.2 Å². The Morgan fingerprint density at radius 1 is 1.42 bits per heavy atom. The lowest BCUT2D eigenvalue weighted by Crippen LogP contribution is -2.50. The summed E-state index contributed by atoms with van der Waals surface area (Å²) in [5.41, 5.74) is 2.10. The molecule has 2 heterocycles. The second kappa shape index (κ2) is 4.25. The topological polar surface area (TPSA) is 77.2 Å². The van der Waals surface area contributed by atoms with Gasteiger partial charge in [0.1, 0.15) is 6.07 Å². The molecule has 1 aliphatic rings. The molecule has 1 aliphatic heterocycles. The predicted molar refractivity (Wildman–Crippen MR) is 69.8 cm³/mol. The highest BCUT2D eigenvalue weighted by Gasteiger charge is 2.34. The molecule has 0 atom stereocenters. The van der Waals surface area contributed by atoms with Gasteiger partial charge in [0.05, 0.1) is 22.7 Å². The van der Waals surface area contributed by atoms with Gasteiger partial charge in [0.2, 0.25) is 0 Å². The van der Waals surface area contributed by atoms with Crippen LogP contribution in [0.2, 0.25) is 0 Å². The van der Waals surface area contributed by atoms with Gasteiger partial charge in [-0.15, -0.1) is 0 Å². The molecule has 0 unspecified atom stereocenters. The van der Waals surface area contributed by atoms with E-state index in [0.717, 1.165) is 16.6 Å². The zero-order valence-corrected chi connectivity index (χ0v) is 10.1. The molecule has 1 aromatic heterocycles. The van der Waals surface area contributed by atoms with Crippen LogP contribution in [0.5, 0.6) is 0 Å². The summed E-state index contributed by atoms with van der Waals surface area (Å²) in [5, 5.41) is 19.0. The van der Waals surface area contributed by atoms with Crippen molar-refractivity contribution in [2.45, 2.75) is 0 Å². The summed E-state index contributed by atoms with van der Waals surface area (Å²) < 4.78 is 0. The third-order valence-electron chi connectivity index (χ3n) is 3.41. The van der Waals surface area contributed by atoms with Gasteiger partial charge in [0, 0.05) is 24.7 Å². The summed E-state index contributed by atoms with van der Waals surface area (Å²) in [7, 11) is 0. The summed E-state index contributed by atoms with van der Waals surface area (Å²) in [5.74, 6) is -1.13. The van der Waals surface area contributed by atoms with Gasteiger partial charge in [0.15, 0.2) is 0 Å². The molecule has 2 aromatic rings. The highest BCUT2D eigenvalue weighted by atomic mass is 16.4. The van der Waals surface area contributed by atoms with Gasteiger partial charge in [-0.1, -0.05) is 18.2 Å². The van der Waals surface area contributed by atoms with E-state index in [4.69, 9.17) is 5.11 Å². The van der Waals surface area contributed by atoms with Crippen LogP contribution in [0.3, 0.4) is 0 Å². The summed E-state index contributed by atoms with van der Waals surface area (Å²) in [6.45, 7) is 0.885. The molecular formula is C14H11N3O2. The SMILES string of the molecule is N#Cc1cnc2ccccc2c1N1CC(C(=O)O)C1. The van der Waals surface area contributed by atoms with E-state index in [0.29, 0.717) is 18.7 Å². The third-order valence-corrected chi connectivity index (χ3v) is 3.41. The number of aliphatic carboxylic acids is 1. The molecule has 0 amide bonds. The van der Waals surface area contributed by atoms with Gasteiger partial charge >= 0.3 is 5.97 Å². The maximum atomic E-state index is 10.9. The van der Waals surface area contributed by atoms with Crippen LogP contribution in [0, 0.1) is 17.2 Å². The molecule has 1 saturated heterocycles. The third kappa shape index (κ3) is 1.78. The molecule has 5 heteroatoms. The van der Waals surface area contributed by atoms with Crippen LogP contribution in [0.15, 0.2) is 30.5 Å². The number of benzene rings is 1. The van der Waals surface area contributed by atoms with Crippen molar-refractivity contribution in [1.82, 2.24) is 4.98 Å². The number of nitrogens with zero attached hydrogens (tertiary/aromatic N) is 3. The second-order valence-electron chi connectivity index (χ2n) is 4.59. The monoisotopic (exact) mass is 253 g/mol. The average molecular weight is 253 g/mol. The number of anilines is 1. The van der Waals surface area contributed by atoms with E-state index >= 15 is 0 Å². The number of hydrogen-bond donors (Lipinski definition) is 1. The van der Waals surface area contributed by atoms with Gasteiger partial charge in [-0.25, -0.2) is 0 Å². The molecule has 1 N–H and O–H groups in total. The number of carboxylic acid groups (broad SMARTS) is 1. The minimum atomic E-state index is -0.784. The first kappa shape index (κ1) is 11.5. The molecule has 0 saturated carbocycles. The number of carboxylic acids is 1. The van der Waals surface area contributed by atoms with Crippen molar-refractivity contribution >= 4 is 22.6 Å². The molecule has 0 radical (unpaired) electrons. The highest BCUT2D eigenvalue weighted by molar-refractivity contribution is 5.95. The fraction of sp³-hybridized carbons (Fsp3) is 0.214. The van der Waals surface area contributed by atoms with Gasteiger partial charge in [-0.2, -0.15) is 5.26 Å².